The van der Waals surface area contributed by atoms with Gasteiger partial charge in [-0.1, -0.05) is 43.3 Å². The Labute approximate surface area is 193 Å². The van der Waals surface area contributed by atoms with Crippen molar-refractivity contribution in [2.24, 2.45) is 0 Å². The Hall–Kier alpha value is -3.64. The highest BCUT2D eigenvalue weighted by molar-refractivity contribution is 5.98. The van der Waals surface area contributed by atoms with Gasteiger partial charge in [0.2, 0.25) is 5.91 Å². The lowest BCUT2D eigenvalue weighted by Crippen LogP contribution is -2.46. The average Bonchev–Trinajstić information content (AvgIpc) is 2.87. The van der Waals surface area contributed by atoms with Crippen LogP contribution in [0.4, 0.5) is 11.4 Å². The molecule has 1 fully saturated rings. The highest BCUT2D eigenvalue weighted by Crippen LogP contribution is 2.27. The molecule has 1 aliphatic heterocycles. The number of hydrogen-bond acceptors (Lipinski definition) is 4. The van der Waals surface area contributed by atoms with E-state index in [1.807, 2.05) is 71.3 Å². The Morgan fingerprint density at radius 1 is 0.818 bits per heavy atom. The summed E-state index contributed by atoms with van der Waals surface area (Å²) in [5.74, 6) is -0.117. The van der Waals surface area contributed by atoms with E-state index in [0.717, 1.165) is 55.1 Å². The van der Waals surface area contributed by atoms with Gasteiger partial charge in [-0.2, -0.15) is 0 Å². The van der Waals surface area contributed by atoms with Gasteiger partial charge in [0.1, 0.15) is 6.54 Å². The van der Waals surface area contributed by atoms with Gasteiger partial charge in [-0.15, -0.1) is 0 Å². The van der Waals surface area contributed by atoms with E-state index in [4.69, 9.17) is 0 Å². The summed E-state index contributed by atoms with van der Waals surface area (Å²) in [6.45, 7) is 7.30. The summed E-state index contributed by atoms with van der Waals surface area (Å²) in [6.07, 6.45) is 0. The number of carbonyl (C=O) groups excluding carboxylic acids is 1. The number of benzene rings is 3. The van der Waals surface area contributed by atoms with E-state index in [9.17, 15) is 9.59 Å². The molecule has 1 saturated heterocycles. The number of amides is 1. The number of hydrogen-bond donors (Lipinski definition) is 1. The third-order valence-electron chi connectivity index (χ3n) is 6.52. The van der Waals surface area contributed by atoms with Crippen LogP contribution in [0.5, 0.6) is 0 Å². The second-order valence-corrected chi connectivity index (χ2v) is 8.44. The molecule has 6 nitrogen and oxygen atoms in total. The number of aromatic nitrogens is 1. The van der Waals surface area contributed by atoms with Crippen LogP contribution in [0.25, 0.3) is 21.8 Å². The number of para-hydroxylation sites is 4. The molecule has 1 aromatic heterocycles. The van der Waals surface area contributed by atoms with Crippen LogP contribution < -0.4 is 15.6 Å². The maximum Gasteiger partial charge on any atom is 0.244 e. The Kier molecular flexibility index (Phi) is 5.84. The summed E-state index contributed by atoms with van der Waals surface area (Å²) in [4.78, 5) is 31.0. The van der Waals surface area contributed by atoms with Gasteiger partial charge in [0.05, 0.1) is 22.4 Å². The standard InChI is InChI=1S/C27H28N4O2/c1-2-29-15-17-30(18-16-29)25-14-8-5-11-22(25)28-26(32)19-31-23-12-6-3-9-20(23)27(33)21-10-4-7-13-24(21)31/h3-14H,2,15-19H2,1H3,(H,28,32). The fraction of sp³-hybridized carbons (Fsp3) is 0.259. The minimum absolute atomic E-state index is 0.00516. The summed E-state index contributed by atoms with van der Waals surface area (Å²) in [6, 6.07) is 23.0. The first-order valence-electron chi connectivity index (χ1n) is 11.5. The molecule has 0 radical (unpaired) electrons. The molecule has 6 heteroatoms. The molecular weight excluding hydrogens is 412 g/mol. The summed E-state index contributed by atoms with van der Waals surface area (Å²) in [5.41, 5.74) is 3.40. The number of likely N-dealkylation sites (N-methyl/N-ethyl adjacent to an activating group) is 1. The molecule has 2 heterocycles. The molecule has 0 spiro atoms. The zero-order chi connectivity index (χ0) is 22.8. The largest absolute Gasteiger partial charge is 0.367 e. The normalized spacial score (nSPS) is 14.6. The molecule has 5 rings (SSSR count). The molecule has 0 aliphatic carbocycles. The molecule has 0 unspecified atom stereocenters. The number of nitrogens with zero attached hydrogens (tertiary/aromatic N) is 3. The van der Waals surface area contributed by atoms with Crippen LogP contribution in [0.2, 0.25) is 0 Å². The smallest absolute Gasteiger partial charge is 0.244 e. The first kappa shape index (κ1) is 21.2. The van der Waals surface area contributed by atoms with Crippen LogP contribution in [0, 0.1) is 0 Å². The van der Waals surface area contributed by atoms with Crippen LogP contribution in [-0.4, -0.2) is 48.1 Å². The number of anilines is 2. The molecular formula is C27H28N4O2. The molecule has 168 valence electrons. The average molecular weight is 441 g/mol. The summed E-state index contributed by atoms with van der Waals surface area (Å²) < 4.78 is 1.93. The number of piperazine rings is 1. The lowest BCUT2D eigenvalue weighted by Gasteiger charge is -2.36. The molecule has 4 aromatic rings. The second kappa shape index (κ2) is 9.08. The zero-order valence-corrected chi connectivity index (χ0v) is 18.8. The van der Waals surface area contributed by atoms with E-state index in [2.05, 4.69) is 28.1 Å². The SMILES string of the molecule is CCN1CCN(c2ccccc2NC(=O)Cn2c3ccccc3c(=O)c3ccccc32)CC1. The third kappa shape index (κ3) is 4.10. The van der Waals surface area contributed by atoms with Crippen molar-refractivity contribution in [2.45, 2.75) is 13.5 Å². The molecule has 0 saturated carbocycles. The van der Waals surface area contributed by atoms with Gasteiger partial charge in [0, 0.05) is 37.0 Å². The van der Waals surface area contributed by atoms with Gasteiger partial charge in [-0.3, -0.25) is 9.59 Å². The molecule has 33 heavy (non-hydrogen) atoms. The Bertz CT molecular complexity index is 1310. The van der Waals surface area contributed by atoms with E-state index in [-0.39, 0.29) is 17.9 Å². The van der Waals surface area contributed by atoms with E-state index < -0.39 is 0 Å². The number of fused-ring (bicyclic) bond motifs is 2. The summed E-state index contributed by atoms with van der Waals surface area (Å²) >= 11 is 0. The quantitative estimate of drug-likeness (QED) is 0.478. The van der Waals surface area contributed by atoms with Crippen molar-refractivity contribution in [2.75, 3.05) is 42.9 Å². The van der Waals surface area contributed by atoms with Gasteiger partial charge in [0.15, 0.2) is 5.43 Å². The lowest BCUT2D eigenvalue weighted by molar-refractivity contribution is -0.116. The molecule has 1 amide bonds. The third-order valence-corrected chi connectivity index (χ3v) is 6.52. The van der Waals surface area contributed by atoms with Gasteiger partial charge >= 0.3 is 0 Å². The van der Waals surface area contributed by atoms with E-state index >= 15 is 0 Å². The van der Waals surface area contributed by atoms with Crippen molar-refractivity contribution in [3.8, 4) is 0 Å². The van der Waals surface area contributed by atoms with Crippen LogP contribution in [0.3, 0.4) is 0 Å². The van der Waals surface area contributed by atoms with E-state index in [1.165, 1.54) is 0 Å². The highest BCUT2D eigenvalue weighted by Gasteiger charge is 2.19. The minimum Gasteiger partial charge on any atom is -0.367 e. The maximum atomic E-state index is 13.3. The number of carbonyl (C=O) groups is 1. The predicted molar refractivity (Wildman–Crippen MR) is 135 cm³/mol. The number of pyridine rings is 1. The van der Waals surface area contributed by atoms with Crippen molar-refractivity contribution < 1.29 is 4.79 Å². The van der Waals surface area contributed by atoms with Crippen LogP contribution in [0.15, 0.2) is 77.6 Å². The van der Waals surface area contributed by atoms with Crippen molar-refractivity contribution in [1.82, 2.24) is 9.47 Å². The van der Waals surface area contributed by atoms with Gasteiger partial charge in [-0.25, -0.2) is 0 Å². The molecule has 3 aromatic carbocycles. The molecule has 1 N–H and O–H groups in total. The van der Waals surface area contributed by atoms with E-state index in [1.54, 1.807) is 0 Å². The molecule has 0 atom stereocenters. The second-order valence-electron chi connectivity index (χ2n) is 8.44. The fourth-order valence-electron chi connectivity index (χ4n) is 4.74. The first-order valence-corrected chi connectivity index (χ1v) is 11.5. The summed E-state index contributed by atoms with van der Waals surface area (Å²) in [5, 5.41) is 4.38. The fourth-order valence-corrected chi connectivity index (χ4v) is 4.74. The van der Waals surface area contributed by atoms with Crippen molar-refractivity contribution in [1.29, 1.82) is 0 Å². The van der Waals surface area contributed by atoms with Crippen LogP contribution in [-0.2, 0) is 11.3 Å². The van der Waals surface area contributed by atoms with Crippen LogP contribution >= 0.6 is 0 Å². The minimum atomic E-state index is -0.117. The van der Waals surface area contributed by atoms with Gasteiger partial charge in [-0.05, 0) is 42.9 Å². The van der Waals surface area contributed by atoms with Gasteiger partial charge < -0.3 is 19.7 Å². The first-order chi connectivity index (χ1) is 16.2. The maximum absolute atomic E-state index is 13.3. The predicted octanol–water partition coefficient (Wildman–Crippen LogP) is 3.94. The number of nitrogens with one attached hydrogen (secondary N) is 1. The van der Waals surface area contributed by atoms with Crippen molar-refractivity contribution in [3.05, 3.63) is 83.0 Å². The number of rotatable bonds is 5. The summed E-state index contributed by atoms with van der Waals surface area (Å²) in [7, 11) is 0. The topological polar surface area (TPSA) is 57.6 Å². The zero-order valence-electron chi connectivity index (χ0n) is 18.8. The lowest BCUT2D eigenvalue weighted by atomic mass is 10.1. The highest BCUT2D eigenvalue weighted by atomic mass is 16.2. The Morgan fingerprint density at radius 2 is 1.39 bits per heavy atom. The molecule has 0 bridgehead atoms. The van der Waals surface area contributed by atoms with Gasteiger partial charge in [0.25, 0.3) is 0 Å². The van der Waals surface area contributed by atoms with E-state index in [0.29, 0.717) is 10.8 Å². The Morgan fingerprint density at radius 3 is 2.03 bits per heavy atom. The molecule has 1 aliphatic rings. The van der Waals surface area contributed by atoms with Crippen LogP contribution in [0.1, 0.15) is 6.92 Å². The Balaban J connectivity index is 1.45. The van der Waals surface area contributed by atoms with Crippen molar-refractivity contribution >= 4 is 39.1 Å². The van der Waals surface area contributed by atoms with Crippen molar-refractivity contribution in [3.63, 3.8) is 0 Å². The monoisotopic (exact) mass is 440 g/mol.